The summed E-state index contributed by atoms with van der Waals surface area (Å²) >= 11 is 0. The lowest BCUT2D eigenvalue weighted by molar-refractivity contribution is 0.469. The molecule has 2 aromatic rings. The number of hydrogen-bond acceptors (Lipinski definition) is 1. The number of furan rings is 1. The van der Waals surface area contributed by atoms with Crippen LogP contribution in [-0.4, -0.2) is 0 Å². The highest BCUT2D eigenvalue weighted by Crippen LogP contribution is 2.28. The first-order chi connectivity index (χ1) is 8.20. The van der Waals surface area contributed by atoms with Crippen LogP contribution < -0.4 is 0 Å². The van der Waals surface area contributed by atoms with Gasteiger partial charge in [-0.05, 0) is 31.5 Å². The monoisotopic (exact) mass is 228 g/mol. The highest BCUT2D eigenvalue weighted by molar-refractivity contribution is 5.58. The lowest BCUT2D eigenvalue weighted by Gasteiger charge is -2.05. The number of hydrogen-bond donors (Lipinski definition) is 0. The smallest absolute Gasteiger partial charge is 0.134 e. The normalized spacial score (nSPS) is 12.6. The van der Waals surface area contributed by atoms with Crippen molar-refractivity contribution in [3.05, 3.63) is 47.7 Å². The van der Waals surface area contributed by atoms with E-state index in [1.54, 1.807) is 0 Å². The Labute approximate surface area is 103 Å². The summed E-state index contributed by atoms with van der Waals surface area (Å²) in [6.45, 7) is 6.54. The largest absolute Gasteiger partial charge is 0.461 e. The second-order valence-electron chi connectivity index (χ2n) is 4.76. The van der Waals surface area contributed by atoms with Crippen LogP contribution in [0.25, 0.3) is 11.3 Å². The topological polar surface area (TPSA) is 13.1 Å². The lowest BCUT2D eigenvalue weighted by Crippen LogP contribution is -1.89. The Kier molecular flexibility index (Phi) is 3.68. The van der Waals surface area contributed by atoms with Crippen molar-refractivity contribution in [3.8, 4) is 11.3 Å². The van der Waals surface area contributed by atoms with Crippen molar-refractivity contribution in [2.45, 2.75) is 39.5 Å². The van der Waals surface area contributed by atoms with Crippen molar-refractivity contribution in [1.82, 2.24) is 0 Å². The van der Waals surface area contributed by atoms with Crippen LogP contribution in [0.3, 0.4) is 0 Å². The summed E-state index contributed by atoms with van der Waals surface area (Å²) < 4.78 is 5.94. The fourth-order valence-corrected chi connectivity index (χ4v) is 2.15. The quantitative estimate of drug-likeness (QED) is 0.704. The average Bonchev–Trinajstić information content (AvgIpc) is 2.78. The molecule has 2 rings (SSSR count). The van der Waals surface area contributed by atoms with Gasteiger partial charge in [0, 0.05) is 11.5 Å². The summed E-state index contributed by atoms with van der Waals surface area (Å²) in [4.78, 5) is 0. The summed E-state index contributed by atoms with van der Waals surface area (Å²) in [6.07, 6.45) is 2.38. The molecule has 0 N–H and O–H groups in total. The minimum absolute atomic E-state index is 0.513. The minimum Gasteiger partial charge on any atom is -0.461 e. The first-order valence-corrected chi connectivity index (χ1v) is 6.37. The molecule has 0 aliphatic rings. The summed E-state index contributed by atoms with van der Waals surface area (Å²) in [7, 11) is 0. The Balaban J connectivity index is 2.23. The maximum absolute atomic E-state index is 5.94. The molecule has 1 heteroatoms. The number of benzene rings is 1. The van der Waals surface area contributed by atoms with E-state index in [0.29, 0.717) is 5.92 Å². The van der Waals surface area contributed by atoms with Crippen molar-refractivity contribution in [2.75, 3.05) is 0 Å². The number of aryl methyl sites for hydroxylation is 1. The zero-order chi connectivity index (χ0) is 12.3. The van der Waals surface area contributed by atoms with Gasteiger partial charge in [-0.2, -0.15) is 0 Å². The molecular formula is C16H20O. The molecule has 0 spiro atoms. The van der Waals surface area contributed by atoms with Crippen LogP contribution in [0, 0.1) is 6.92 Å². The Morgan fingerprint density at radius 2 is 2.00 bits per heavy atom. The Bertz CT molecular complexity index is 482. The molecule has 1 atom stereocenters. The fraction of sp³-hybridized carbons (Fsp3) is 0.375. The van der Waals surface area contributed by atoms with E-state index in [2.05, 4.69) is 57.2 Å². The van der Waals surface area contributed by atoms with Crippen LogP contribution in [-0.2, 0) is 0 Å². The van der Waals surface area contributed by atoms with Gasteiger partial charge in [0.1, 0.15) is 11.5 Å². The third kappa shape index (κ3) is 2.79. The van der Waals surface area contributed by atoms with E-state index in [1.807, 2.05) is 0 Å². The van der Waals surface area contributed by atoms with Crippen LogP contribution in [0.15, 0.2) is 40.8 Å². The zero-order valence-electron chi connectivity index (χ0n) is 10.9. The van der Waals surface area contributed by atoms with Gasteiger partial charge in [-0.3, -0.25) is 0 Å². The van der Waals surface area contributed by atoms with Crippen LogP contribution in [0.1, 0.15) is 43.9 Å². The third-order valence-electron chi connectivity index (χ3n) is 3.14. The van der Waals surface area contributed by atoms with Crippen LogP contribution >= 0.6 is 0 Å². The molecule has 0 radical (unpaired) electrons. The summed E-state index contributed by atoms with van der Waals surface area (Å²) in [6, 6.07) is 12.6. The van der Waals surface area contributed by atoms with Crippen LogP contribution in [0.5, 0.6) is 0 Å². The molecule has 1 heterocycles. The molecule has 17 heavy (non-hydrogen) atoms. The highest BCUT2D eigenvalue weighted by Gasteiger charge is 2.10. The molecule has 1 nitrogen and oxygen atoms in total. The average molecular weight is 228 g/mol. The Morgan fingerprint density at radius 1 is 1.18 bits per heavy atom. The van der Waals surface area contributed by atoms with E-state index in [4.69, 9.17) is 4.42 Å². The molecule has 0 saturated heterocycles. The van der Waals surface area contributed by atoms with E-state index < -0.39 is 0 Å². The highest BCUT2D eigenvalue weighted by atomic mass is 16.3. The zero-order valence-corrected chi connectivity index (χ0v) is 10.9. The summed E-state index contributed by atoms with van der Waals surface area (Å²) in [5, 5.41) is 0. The van der Waals surface area contributed by atoms with Gasteiger partial charge >= 0.3 is 0 Å². The van der Waals surface area contributed by atoms with E-state index in [9.17, 15) is 0 Å². The SMILES string of the molecule is CCCC(C)c1ccc(-c2cccc(C)c2)o1. The minimum atomic E-state index is 0.513. The predicted molar refractivity (Wildman–Crippen MR) is 72.2 cm³/mol. The lowest BCUT2D eigenvalue weighted by atomic mass is 10.0. The third-order valence-corrected chi connectivity index (χ3v) is 3.14. The van der Waals surface area contributed by atoms with Gasteiger partial charge < -0.3 is 4.42 Å². The summed E-state index contributed by atoms with van der Waals surface area (Å²) in [5.41, 5.74) is 2.43. The van der Waals surface area contributed by atoms with Gasteiger partial charge in [-0.1, -0.05) is 44.0 Å². The van der Waals surface area contributed by atoms with E-state index >= 15 is 0 Å². The van der Waals surface area contributed by atoms with Crippen molar-refractivity contribution in [2.24, 2.45) is 0 Å². The molecule has 1 aromatic carbocycles. The van der Waals surface area contributed by atoms with Crippen LogP contribution in [0.2, 0.25) is 0 Å². The van der Waals surface area contributed by atoms with E-state index in [0.717, 1.165) is 11.5 Å². The second kappa shape index (κ2) is 5.22. The predicted octanol–water partition coefficient (Wildman–Crippen LogP) is 5.16. The van der Waals surface area contributed by atoms with Gasteiger partial charge in [-0.15, -0.1) is 0 Å². The van der Waals surface area contributed by atoms with Gasteiger partial charge in [0.2, 0.25) is 0 Å². The first kappa shape index (κ1) is 12.0. The van der Waals surface area contributed by atoms with Crippen molar-refractivity contribution < 1.29 is 4.42 Å². The van der Waals surface area contributed by atoms with Crippen LogP contribution in [0.4, 0.5) is 0 Å². The van der Waals surface area contributed by atoms with E-state index in [-0.39, 0.29) is 0 Å². The second-order valence-corrected chi connectivity index (χ2v) is 4.76. The van der Waals surface area contributed by atoms with Gasteiger partial charge in [-0.25, -0.2) is 0 Å². The van der Waals surface area contributed by atoms with Crippen molar-refractivity contribution in [1.29, 1.82) is 0 Å². The van der Waals surface area contributed by atoms with Gasteiger partial charge in [0.25, 0.3) is 0 Å². The molecule has 1 aromatic heterocycles. The molecular weight excluding hydrogens is 208 g/mol. The number of rotatable bonds is 4. The molecule has 1 unspecified atom stereocenters. The maximum Gasteiger partial charge on any atom is 0.134 e. The standard InChI is InChI=1S/C16H20O/c1-4-6-13(3)15-9-10-16(17-15)14-8-5-7-12(2)11-14/h5,7-11,13H,4,6H2,1-3H3. The first-order valence-electron chi connectivity index (χ1n) is 6.37. The van der Waals surface area contributed by atoms with E-state index in [1.165, 1.54) is 24.0 Å². The molecule has 0 saturated carbocycles. The molecule has 0 fully saturated rings. The van der Waals surface area contributed by atoms with Crippen molar-refractivity contribution >= 4 is 0 Å². The molecule has 0 aliphatic heterocycles. The molecule has 0 amide bonds. The van der Waals surface area contributed by atoms with Gasteiger partial charge in [0.15, 0.2) is 0 Å². The fourth-order valence-electron chi connectivity index (χ4n) is 2.15. The Morgan fingerprint density at radius 3 is 2.71 bits per heavy atom. The summed E-state index contributed by atoms with van der Waals surface area (Å²) in [5.74, 6) is 2.59. The molecule has 0 aliphatic carbocycles. The van der Waals surface area contributed by atoms with Crippen molar-refractivity contribution in [3.63, 3.8) is 0 Å². The molecule has 90 valence electrons. The molecule has 0 bridgehead atoms. The Hall–Kier alpha value is -1.50. The van der Waals surface area contributed by atoms with Gasteiger partial charge in [0.05, 0.1) is 0 Å². The maximum atomic E-state index is 5.94.